The van der Waals surface area contributed by atoms with E-state index in [1.807, 2.05) is 0 Å². The van der Waals surface area contributed by atoms with E-state index in [1.165, 1.54) is 72.8 Å². The van der Waals surface area contributed by atoms with Gasteiger partial charge in [-0.25, -0.2) is 4.79 Å². The molecule has 17 nitrogen and oxygen atoms in total. The highest BCUT2D eigenvalue weighted by Crippen LogP contribution is 2.22. The van der Waals surface area contributed by atoms with Gasteiger partial charge in [-0.15, -0.1) is 10.2 Å². The summed E-state index contributed by atoms with van der Waals surface area (Å²) in [6, 6.07) is 16.7. The van der Waals surface area contributed by atoms with Crippen molar-refractivity contribution < 1.29 is 37.6 Å². The van der Waals surface area contributed by atoms with Crippen LogP contribution in [0.1, 0.15) is 20.7 Å². The van der Waals surface area contributed by atoms with E-state index >= 15 is 0 Å². The molecule has 0 unspecified atom stereocenters. The Kier molecular flexibility index (Phi) is 9.86. The number of carboxylic acids is 1. The molecule has 0 saturated heterocycles. The van der Waals surface area contributed by atoms with Crippen LogP contribution in [0.3, 0.4) is 0 Å². The zero-order valence-corrected chi connectivity index (χ0v) is 26.0. The molecule has 0 atom stereocenters. The lowest BCUT2D eigenvalue weighted by Gasteiger charge is -2.13. The molecule has 0 fully saturated rings. The van der Waals surface area contributed by atoms with Crippen molar-refractivity contribution in [3.63, 3.8) is 0 Å². The highest BCUT2D eigenvalue weighted by Gasteiger charge is 2.15. The zero-order valence-electron chi connectivity index (χ0n) is 25.2. The largest absolute Gasteiger partial charge is 0.507 e. The van der Waals surface area contributed by atoms with Gasteiger partial charge in [-0.3, -0.25) is 29.2 Å². The molecule has 18 heteroatoms. The van der Waals surface area contributed by atoms with Gasteiger partial charge >= 0.3 is 5.97 Å². The first-order valence-corrected chi connectivity index (χ1v) is 15.5. The number of phenols is 1. The van der Waals surface area contributed by atoms with Crippen LogP contribution in [0.15, 0.2) is 133 Å². The third-order valence-electron chi connectivity index (χ3n) is 6.71. The normalized spacial score (nSPS) is 14.3. The van der Waals surface area contributed by atoms with Crippen molar-refractivity contribution in [2.75, 3.05) is 16.2 Å². The number of nitrogens with one attached hydrogen (secondary N) is 4. The number of carboxylic acid groups (broad SMARTS) is 1. The fourth-order valence-corrected chi connectivity index (χ4v) is 4.72. The van der Waals surface area contributed by atoms with Gasteiger partial charge in [0.25, 0.3) is 16.0 Å². The van der Waals surface area contributed by atoms with Crippen molar-refractivity contribution in [3.8, 4) is 5.75 Å². The first-order valence-electron chi connectivity index (χ1n) is 14.1. The second-order valence-corrected chi connectivity index (χ2v) is 11.6. The molecular weight excluding hydrogens is 674 g/mol. The molecule has 7 N–H and O–H groups in total. The van der Waals surface area contributed by atoms with Crippen LogP contribution >= 0.6 is 0 Å². The Hall–Kier alpha value is -7.05. The molecule has 1 amide bonds. The summed E-state index contributed by atoms with van der Waals surface area (Å²) in [7, 11) is -4.42. The Morgan fingerprint density at radius 1 is 0.780 bits per heavy atom. The summed E-state index contributed by atoms with van der Waals surface area (Å²) in [5.74, 6) is -2.95. The molecular formula is C32H23N7O10S. The lowest BCUT2D eigenvalue weighted by molar-refractivity contribution is -0.108. The number of rotatable bonds is 10. The van der Waals surface area contributed by atoms with Gasteiger partial charge in [-0.1, -0.05) is 6.07 Å². The lowest BCUT2D eigenvalue weighted by atomic mass is 10.1. The minimum absolute atomic E-state index is 0.139. The summed E-state index contributed by atoms with van der Waals surface area (Å²) in [5.41, 5.74) is 7.04. The molecule has 4 aromatic carbocycles. The maximum absolute atomic E-state index is 13.0. The summed E-state index contributed by atoms with van der Waals surface area (Å²) in [5, 5.41) is 32.0. The predicted octanol–water partition coefficient (Wildman–Crippen LogP) is 1.01. The van der Waals surface area contributed by atoms with Crippen LogP contribution in [0, 0.1) is 0 Å². The van der Waals surface area contributed by atoms with Crippen LogP contribution in [-0.4, -0.2) is 46.6 Å². The fourth-order valence-electron chi connectivity index (χ4n) is 4.19. The second kappa shape index (κ2) is 14.4. The van der Waals surface area contributed by atoms with Crippen molar-refractivity contribution >= 4 is 50.6 Å². The quantitative estimate of drug-likeness (QED) is 0.0529. The number of aromatic hydroxyl groups is 1. The number of nitrogens with zero attached hydrogens (tertiary/aromatic N) is 3. The van der Waals surface area contributed by atoms with Gasteiger partial charge in [-0.2, -0.15) is 13.5 Å². The minimum atomic E-state index is -4.42. The average Bonchev–Trinajstić information content (AvgIpc) is 3.08. The van der Waals surface area contributed by atoms with E-state index in [0.29, 0.717) is 11.4 Å². The molecule has 0 radical (unpaired) electrons. The third-order valence-corrected chi connectivity index (χ3v) is 7.56. The van der Waals surface area contributed by atoms with Crippen molar-refractivity contribution in [2.45, 2.75) is 4.90 Å². The summed E-state index contributed by atoms with van der Waals surface area (Å²) in [4.78, 5) is 61.3. The Morgan fingerprint density at radius 2 is 1.52 bits per heavy atom. The van der Waals surface area contributed by atoms with E-state index in [1.54, 1.807) is 0 Å². The SMILES string of the molecule is O=C1C=CC(NNc2cccc(S(=O)(=O)O)c2)=CC1=NN=c1ccc(=O)c(=NNc2ccc(C(=O)Nc3ccc(O)c(C(=O)O)c3)cc2)c1=O. The van der Waals surface area contributed by atoms with Gasteiger partial charge in [0.1, 0.15) is 22.4 Å². The van der Waals surface area contributed by atoms with Gasteiger partial charge in [0.05, 0.1) is 22.0 Å². The molecule has 0 spiro atoms. The van der Waals surface area contributed by atoms with Crippen LogP contribution in [0.4, 0.5) is 17.1 Å². The molecule has 4 aromatic rings. The Balaban J connectivity index is 1.30. The van der Waals surface area contributed by atoms with Gasteiger partial charge in [0, 0.05) is 11.3 Å². The number of carbonyl (C=O) groups is 3. The fraction of sp³-hybridized carbons (Fsp3) is 0. The standard InChI is InChI=1S/C32H23N7O10S/c40-26-11-8-19(15-23(26)32(45)46)33-31(44)17-4-6-18(7-5-17)34-39-29-28(42)13-10-24(30(29)43)37-38-25-16-21(9-12-27(25)41)36-35-20-2-1-3-22(14-20)50(47,48)49/h1-16,34-36,40H,(H,33,44)(H,45,46)(H,47,48,49). The minimum Gasteiger partial charge on any atom is -0.507 e. The van der Waals surface area contributed by atoms with Crippen LogP contribution in [0.25, 0.3) is 0 Å². The molecule has 1 aliphatic carbocycles. The number of hydrogen-bond donors (Lipinski definition) is 7. The van der Waals surface area contributed by atoms with E-state index < -0.39 is 49.7 Å². The van der Waals surface area contributed by atoms with E-state index in [-0.39, 0.29) is 38.5 Å². The van der Waals surface area contributed by atoms with Gasteiger partial charge in [-0.05, 0) is 91.0 Å². The monoisotopic (exact) mass is 697 g/mol. The Bertz CT molecular complexity index is 2480. The molecule has 0 aromatic heterocycles. The molecule has 0 bridgehead atoms. The zero-order chi connectivity index (χ0) is 36.0. The highest BCUT2D eigenvalue weighted by atomic mass is 32.2. The van der Waals surface area contributed by atoms with Gasteiger partial charge < -0.3 is 26.4 Å². The van der Waals surface area contributed by atoms with Crippen LogP contribution < -0.4 is 43.2 Å². The summed E-state index contributed by atoms with van der Waals surface area (Å²) < 4.78 is 32.0. The maximum atomic E-state index is 13.0. The second-order valence-electron chi connectivity index (χ2n) is 10.2. The average molecular weight is 698 g/mol. The maximum Gasteiger partial charge on any atom is 0.339 e. The first-order chi connectivity index (χ1) is 23.8. The number of amides is 1. The topological polar surface area (TPSA) is 265 Å². The van der Waals surface area contributed by atoms with Crippen molar-refractivity contribution in [3.05, 3.63) is 145 Å². The van der Waals surface area contributed by atoms with E-state index in [0.717, 1.165) is 24.3 Å². The number of hydrogen-bond acceptors (Lipinski definition) is 14. The molecule has 0 saturated carbocycles. The predicted molar refractivity (Wildman–Crippen MR) is 178 cm³/mol. The van der Waals surface area contributed by atoms with Crippen molar-refractivity contribution in [1.82, 2.24) is 5.43 Å². The number of anilines is 3. The summed E-state index contributed by atoms with van der Waals surface area (Å²) >= 11 is 0. The summed E-state index contributed by atoms with van der Waals surface area (Å²) in [6.45, 7) is 0. The number of allylic oxidation sites excluding steroid dienone is 3. The van der Waals surface area contributed by atoms with Crippen molar-refractivity contribution in [1.29, 1.82) is 0 Å². The van der Waals surface area contributed by atoms with Crippen LogP contribution in [0.2, 0.25) is 0 Å². The molecule has 0 heterocycles. The molecule has 50 heavy (non-hydrogen) atoms. The van der Waals surface area contributed by atoms with E-state index in [4.69, 9.17) is 5.11 Å². The van der Waals surface area contributed by atoms with Crippen LogP contribution in [-0.2, 0) is 14.9 Å². The number of benzene rings is 4. The van der Waals surface area contributed by atoms with Gasteiger partial charge in [0.15, 0.2) is 5.36 Å². The van der Waals surface area contributed by atoms with Crippen molar-refractivity contribution in [2.24, 2.45) is 15.3 Å². The lowest BCUT2D eigenvalue weighted by Crippen LogP contribution is -2.47. The highest BCUT2D eigenvalue weighted by molar-refractivity contribution is 7.85. The van der Waals surface area contributed by atoms with E-state index in [9.17, 15) is 42.0 Å². The van der Waals surface area contributed by atoms with Gasteiger partial charge in [0.2, 0.25) is 16.6 Å². The summed E-state index contributed by atoms with van der Waals surface area (Å²) in [6.07, 6.45) is 3.88. The third kappa shape index (κ3) is 8.26. The molecule has 0 aliphatic heterocycles. The number of carbonyl (C=O) groups excluding carboxylic acids is 2. The smallest absolute Gasteiger partial charge is 0.339 e. The first kappa shape index (κ1) is 34.3. The Morgan fingerprint density at radius 3 is 2.24 bits per heavy atom. The molecule has 252 valence electrons. The molecule has 1 aliphatic rings. The number of aromatic carboxylic acids is 1. The number of ketones is 1. The molecule has 5 rings (SSSR count). The van der Waals surface area contributed by atoms with Crippen LogP contribution in [0.5, 0.6) is 5.75 Å². The van der Waals surface area contributed by atoms with E-state index in [2.05, 4.69) is 36.9 Å². The number of hydrazine groups is 1. The Labute approximate surface area is 280 Å².